The number of aryl methyl sites for hydroxylation is 1. The fourth-order valence-corrected chi connectivity index (χ4v) is 3.75. The molecule has 1 aromatic rings. The van der Waals surface area contributed by atoms with Crippen molar-refractivity contribution in [3.63, 3.8) is 0 Å². The predicted molar refractivity (Wildman–Crippen MR) is 105 cm³/mol. The summed E-state index contributed by atoms with van der Waals surface area (Å²) in [6.07, 6.45) is 3.72. The van der Waals surface area contributed by atoms with E-state index in [0.29, 0.717) is 11.1 Å². The van der Waals surface area contributed by atoms with E-state index < -0.39 is 17.9 Å². The monoisotopic (exact) mass is 386 g/mol. The Morgan fingerprint density at radius 3 is 2.21 bits per heavy atom. The van der Waals surface area contributed by atoms with Crippen molar-refractivity contribution in [3.8, 4) is 11.5 Å². The minimum Gasteiger partial charge on any atom is -0.478 e. The molecule has 0 fully saturated rings. The lowest BCUT2D eigenvalue weighted by Gasteiger charge is -2.33. The summed E-state index contributed by atoms with van der Waals surface area (Å²) in [4.78, 5) is 35.4. The standard InChI is InChI=1S/C22H26O6/c1-11(2)16-8-7-12(3)9-17(16)20-18(27-14(5)23)10-13(4)19(22(25)26)21(20)28-15(6)24/h9-10,16-17H,1,7-8H2,2-6H3,(H,25,26). The second-order valence-electron chi connectivity index (χ2n) is 7.33. The molecule has 0 aromatic heterocycles. The summed E-state index contributed by atoms with van der Waals surface area (Å²) in [5.74, 6) is -2.60. The third-order valence-electron chi connectivity index (χ3n) is 4.91. The Labute approximate surface area is 164 Å². The second kappa shape index (κ2) is 8.42. The Hall–Kier alpha value is -2.89. The quantitative estimate of drug-likeness (QED) is 0.453. The lowest BCUT2D eigenvalue weighted by atomic mass is 9.73. The van der Waals surface area contributed by atoms with Crippen LogP contribution in [0.25, 0.3) is 0 Å². The van der Waals surface area contributed by atoms with Gasteiger partial charge in [-0.05, 0) is 51.2 Å². The SMILES string of the molecule is C=C(C)C1CCC(C)=CC1c1c(OC(C)=O)cc(C)c(C(=O)O)c1OC(C)=O. The molecular formula is C22H26O6. The van der Waals surface area contributed by atoms with Crippen molar-refractivity contribution in [2.45, 2.75) is 53.4 Å². The van der Waals surface area contributed by atoms with Crippen LogP contribution >= 0.6 is 0 Å². The first kappa shape index (κ1) is 21.4. The molecule has 0 saturated carbocycles. The van der Waals surface area contributed by atoms with E-state index in [0.717, 1.165) is 24.0 Å². The lowest BCUT2D eigenvalue weighted by Crippen LogP contribution is -2.21. The molecule has 2 rings (SSSR count). The van der Waals surface area contributed by atoms with Crippen LogP contribution in [-0.4, -0.2) is 23.0 Å². The Bertz CT molecular complexity index is 878. The molecule has 1 aromatic carbocycles. The van der Waals surface area contributed by atoms with Gasteiger partial charge in [0.1, 0.15) is 11.3 Å². The molecule has 6 heteroatoms. The van der Waals surface area contributed by atoms with Gasteiger partial charge in [-0.15, -0.1) is 0 Å². The number of allylic oxidation sites excluding steroid dienone is 3. The van der Waals surface area contributed by atoms with Crippen molar-refractivity contribution in [3.05, 3.63) is 46.6 Å². The van der Waals surface area contributed by atoms with Gasteiger partial charge in [-0.25, -0.2) is 4.79 Å². The van der Waals surface area contributed by atoms with Crippen LogP contribution in [0.5, 0.6) is 11.5 Å². The maximum Gasteiger partial charge on any atom is 0.339 e. The van der Waals surface area contributed by atoms with Gasteiger partial charge in [0.15, 0.2) is 5.75 Å². The number of rotatable bonds is 5. The second-order valence-corrected chi connectivity index (χ2v) is 7.33. The molecule has 1 aliphatic carbocycles. The number of ether oxygens (including phenoxy) is 2. The first-order chi connectivity index (χ1) is 13.0. The molecule has 0 amide bonds. The highest BCUT2D eigenvalue weighted by molar-refractivity contribution is 5.95. The van der Waals surface area contributed by atoms with Gasteiger partial charge in [-0.1, -0.05) is 23.8 Å². The zero-order valence-corrected chi connectivity index (χ0v) is 16.9. The topological polar surface area (TPSA) is 89.9 Å². The van der Waals surface area contributed by atoms with Crippen LogP contribution < -0.4 is 9.47 Å². The Kier molecular flexibility index (Phi) is 6.44. The molecule has 0 bridgehead atoms. The number of esters is 2. The average molecular weight is 386 g/mol. The van der Waals surface area contributed by atoms with Crippen LogP contribution in [0.1, 0.15) is 67.9 Å². The van der Waals surface area contributed by atoms with Crippen LogP contribution in [0.4, 0.5) is 0 Å². The number of hydrogen-bond acceptors (Lipinski definition) is 5. The van der Waals surface area contributed by atoms with Crippen molar-refractivity contribution >= 4 is 17.9 Å². The molecule has 0 heterocycles. The molecule has 1 N–H and O–H groups in total. The lowest BCUT2D eigenvalue weighted by molar-refractivity contribution is -0.132. The van der Waals surface area contributed by atoms with Crippen LogP contribution in [0.3, 0.4) is 0 Å². The molecule has 1 aliphatic rings. The van der Waals surface area contributed by atoms with Crippen molar-refractivity contribution in [2.24, 2.45) is 5.92 Å². The number of carbonyl (C=O) groups is 3. The van der Waals surface area contributed by atoms with Crippen LogP contribution in [-0.2, 0) is 9.59 Å². The number of carboxylic acids is 1. The number of carboxylic acid groups (broad SMARTS) is 1. The van der Waals surface area contributed by atoms with Crippen LogP contribution in [0.2, 0.25) is 0 Å². The van der Waals surface area contributed by atoms with Gasteiger partial charge < -0.3 is 14.6 Å². The summed E-state index contributed by atoms with van der Waals surface area (Å²) in [5, 5.41) is 9.75. The Morgan fingerprint density at radius 2 is 1.71 bits per heavy atom. The Morgan fingerprint density at radius 1 is 1.11 bits per heavy atom. The highest BCUT2D eigenvalue weighted by atomic mass is 16.5. The molecule has 2 atom stereocenters. The summed E-state index contributed by atoms with van der Waals surface area (Å²) >= 11 is 0. The summed E-state index contributed by atoms with van der Waals surface area (Å²) in [6.45, 7) is 12.0. The fraction of sp³-hybridized carbons (Fsp3) is 0.409. The number of benzene rings is 1. The van der Waals surface area contributed by atoms with E-state index in [2.05, 4.69) is 6.58 Å². The van der Waals surface area contributed by atoms with Crippen LogP contribution in [0, 0.1) is 12.8 Å². The van der Waals surface area contributed by atoms with E-state index in [4.69, 9.17) is 9.47 Å². The first-order valence-electron chi connectivity index (χ1n) is 9.13. The average Bonchev–Trinajstić information content (AvgIpc) is 2.52. The van der Waals surface area contributed by atoms with Gasteiger partial charge >= 0.3 is 17.9 Å². The van der Waals surface area contributed by atoms with E-state index in [9.17, 15) is 19.5 Å². The third kappa shape index (κ3) is 4.50. The first-order valence-corrected chi connectivity index (χ1v) is 9.13. The van der Waals surface area contributed by atoms with Crippen molar-refractivity contribution in [1.29, 1.82) is 0 Å². The molecule has 0 saturated heterocycles. The highest BCUT2D eigenvalue weighted by Gasteiger charge is 2.34. The number of carbonyl (C=O) groups excluding carboxylic acids is 2. The minimum atomic E-state index is -1.22. The van der Waals surface area contributed by atoms with Gasteiger partial charge in [0, 0.05) is 25.3 Å². The highest BCUT2D eigenvalue weighted by Crippen LogP contribution is 2.48. The molecule has 28 heavy (non-hydrogen) atoms. The normalized spacial score (nSPS) is 18.8. The van der Waals surface area contributed by atoms with Crippen molar-refractivity contribution < 1.29 is 29.0 Å². The molecule has 150 valence electrons. The Balaban J connectivity index is 2.90. The third-order valence-corrected chi connectivity index (χ3v) is 4.91. The van der Waals surface area contributed by atoms with E-state index >= 15 is 0 Å². The van der Waals surface area contributed by atoms with Gasteiger partial charge in [0.05, 0.1) is 0 Å². The maximum absolute atomic E-state index is 11.9. The van der Waals surface area contributed by atoms with E-state index in [1.165, 1.54) is 19.9 Å². The zero-order valence-electron chi connectivity index (χ0n) is 16.9. The van der Waals surface area contributed by atoms with Gasteiger partial charge in [-0.2, -0.15) is 0 Å². The van der Waals surface area contributed by atoms with Gasteiger partial charge in [-0.3, -0.25) is 9.59 Å². The summed E-state index contributed by atoms with van der Waals surface area (Å²) in [6, 6.07) is 1.51. The molecule has 0 spiro atoms. The van der Waals surface area contributed by atoms with E-state index in [1.54, 1.807) is 6.92 Å². The molecule has 6 nitrogen and oxygen atoms in total. The van der Waals surface area contributed by atoms with Crippen molar-refractivity contribution in [2.75, 3.05) is 0 Å². The molecular weight excluding hydrogens is 360 g/mol. The number of hydrogen-bond donors (Lipinski definition) is 1. The van der Waals surface area contributed by atoms with Crippen LogP contribution in [0.15, 0.2) is 29.9 Å². The van der Waals surface area contributed by atoms with E-state index in [1.807, 2.05) is 19.9 Å². The molecule has 2 unspecified atom stereocenters. The fourth-order valence-electron chi connectivity index (χ4n) is 3.75. The van der Waals surface area contributed by atoms with Gasteiger partial charge in [0.25, 0.3) is 0 Å². The largest absolute Gasteiger partial charge is 0.478 e. The summed E-state index contributed by atoms with van der Waals surface area (Å²) in [5.41, 5.74) is 2.67. The van der Waals surface area contributed by atoms with Gasteiger partial charge in [0.2, 0.25) is 0 Å². The summed E-state index contributed by atoms with van der Waals surface area (Å²) in [7, 11) is 0. The number of aromatic carboxylic acids is 1. The predicted octanol–water partition coefficient (Wildman–Crippen LogP) is 4.56. The maximum atomic E-state index is 11.9. The molecule has 0 aliphatic heterocycles. The summed E-state index contributed by atoms with van der Waals surface area (Å²) < 4.78 is 10.8. The minimum absolute atomic E-state index is 0.00309. The smallest absolute Gasteiger partial charge is 0.339 e. The van der Waals surface area contributed by atoms with Crippen molar-refractivity contribution in [1.82, 2.24) is 0 Å². The zero-order chi connectivity index (χ0) is 21.2. The molecule has 0 radical (unpaired) electrons. The van der Waals surface area contributed by atoms with E-state index in [-0.39, 0.29) is 28.9 Å².